The van der Waals surface area contributed by atoms with Gasteiger partial charge in [-0.05, 0) is 19.9 Å². The van der Waals surface area contributed by atoms with E-state index < -0.39 is 5.54 Å². The molecule has 6 heteroatoms. The Kier molecular flexibility index (Phi) is 6.46. The van der Waals surface area contributed by atoms with E-state index in [9.17, 15) is 14.9 Å². The number of ether oxygens (including phenoxy) is 1. The number of carbonyl (C=O) groups excluding carboxylic acids is 2. The second-order valence-corrected chi connectivity index (χ2v) is 5.40. The van der Waals surface area contributed by atoms with Crippen LogP contribution in [0.25, 0.3) is 0 Å². The summed E-state index contributed by atoms with van der Waals surface area (Å²) in [7, 11) is 2.98. The lowest BCUT2D eigenvalue weighted by atomic mass is 9.92. The summed E-state index contributed by atoms with van der Waals surface area (Å²) in [6.45, 7) is 0.141. The fourth-order valence-corrected chi connectivity index (χ4v) is 2.49. The number of rotatable bonds is 5. The second-order valence-electron chi connectivity index (χ2n) is 5.40. The predicted octanol–water partition coefficient (Wildman–Crippen LogP) is 0.824. The van der Waals surface area contributed by atoms with Gasteiger partial charge in [0.25, 0.3) is 0 Å². The summed E-state index contributed by atoms with van der Waals surface area (Å²) in [5, 5.41) is 12.2. The number of likely N-dealkylation sites (N-methyl/N-ethyl adjacent to an activating group) is 1. The third-order valence-corrected chi connectivity index (χ3v) is 3.59. The van der Waals surface area contributed by atoms with Crippen molar-refractivity contribution in [1.29, 1.82) is 5.26 Å². The summed E-state index contributed by atoms with van der Waals surface area (Å²) in [5.41, 5.74) is -0.736. The molecule has 0 aromatic heterocycles. The molecule has 0 atom stereocenters. The van der Waals surface area contributed by atoms with Gasteiger partial charge in [-0.25, -0.2) is 0 Å². The molecule has 1 aliphatic rings. The summed E-state index contributed by atoms with van der Waals surface area (Å²) in [4.78, 5) is 24.7. The molecule has 0 bridgehead atoms. The zero-order chi connectivity index (χ0) is 15.0. The molecule has 0 saturated heterocycles. The maximum atomic E-state index is 12.0. The quantitative estimate of drug-likeness (QED) is 0.596. The highest BCUT2D eigenvalue weighted by Gasteiger charge is 2.32. The fourth-order valence-electron chi connectivity index (χ4n) is 2.49. The molecule has 20 heavy (non-hydrogen) atoms. The van der Waals surface area contributed by atoms with Crippen molar-refractivity contribution in [3.63, 3.8) is 0 Å². The molecule has 0 aromatic rings. The molecule has 0 unspecified atom stereocenters. The van der Waals surface area contributed by atoms with E-state index >= 15 is 0 Å². The van der Waals surface area contributed by atoms with Gasteiger partial charge in [0.05, 0.1) is 26.3 Å². The van der Waals surface area contributed by atoms with Crippen LogP contribution in [0.4, 0.5) is 0 Å². The molecule has 0 aliphatic heterocycles. The molecule has 1 saturated carbocycles. The van der Waals surface area contributed by atoms with Crippen LogP contribution < -0.4 is 5.32 Å². The summed E-state index contributed by atoms with van der Waals surface area (Å²) in [5.74, 6) is -0.607. The van der Waals surface area contributed by atoms with E-state index in [0.717, 1.165) is 25.7 Å². The van der Waals surface area contributed by atoms with E-state index in [1.807, 2.05) is 0 Å². The first-order chi connectivity index (χ1) is 9.51. The lowest BCUT2D eigenvalue weighted by molar-refractivity contribution is -0.141. The molecule has 0 radical (unpaired) electrons. The van der Waals surface area contributed by atoms with Crippen LogP contribution in [0, 0.1) is 11.3 Å². The highest BCUT2D eigenvalue weighted by atomic mass is 16.5. The average Bonchev–Trinajstić information content (AvgIpc) is 2.64. The first-order valence-electron chi connectivity index (χ1n) is 6.99. The third-order valence-electron chi connectivity index (χ3n) is 3.59. The molecular weight excluding hydrogens is 258 g/mol. The number of nitriles is 1. The van der Waals surface area contributed by atoms with Gasteiger partial charge >= 0.3 is 5.97 Å². The first kappa shape index (κ1) is 16.4. The van der Waals surface area contributed by atoms with Crippen molar-refractivity contribution < 1.29 is 14.3 Å². The van der Waals surface area contributed by atoms with Crippen LogP contribution in [0.1, 0.15) is 38.5 Å². The average molecular weight is 281 g/mol. The Labute approximate surface area is 120 Å². The number of hydrogen-bond donors (Lipinski definition) is 1. The van der Waals surface area contributed by atoms with Gasteiger partial charge in [0.2, 0.25) is 5.91 Å². The monoisotopic (exact) mass is 281 g/mol. The minimum Gasteiger partial charge on any atom is -0.468 e. The van der Waals surface area contributed by atoms with Crippen LogP contribution in [-0.2, 0) is 14.3 Å². The zero-order valence-corrected chi connectivity index (χ0v) is 12.3. The number of amides is 1. The van der Waals surface area contributed by atoms with Gasteiger partial charge in [0.15, 0.2) is 0 Å². The van der Waals surface area contributed by atoms with Crippen molar-refractivity contribution in [3.8, 4) is 6.07 Å². The zero-order valence-electron chi connectivity index (χ0n) is 12.3. The largest absolute Gasteiger partial charge is 0.468 e. The van der Waals surface area contributed by atoms with E-state index in [1.165, 1.54) is 7.11 Å². The van der Waals surface area contributed by atoms with Crippen molar-refractivity contribution in [2.75, 3.05) is 27.2 Å². The molecule has 1 amide bonds. The maximum Gasteiger partial charge on any atom is 0.319 e. The Morgan fingerprint density at radius 3 is 2.35 bits per heavy atom. The molecular formula is C14H23N3O3. The van der Waals surface area contributed by atoms with Gasteiger partial charge in [-0.2, -0.15) is 5.26 Å². The van der Waals surface area contributed by atoms with Crippen molar-refractivity contribution >= 4 is 11.9 Å². The number of nitrogens with one attached hydrogen (secondary N) is 1. The number of carbonyl (C=O) groups is 2. The summed E-state index contributed by atoms with van der Waals surface area (Å²) >= 11 is 0. The van der Waals surface area contributed by atoms with Gasteiger partial charge in [-0.3, -0.25) is 14.5 Å². The summed E-state index contributed by atoms with van der Waals surface area (Å²) in [6.07, 6.45) is 5.56. The van der Waals surface area contributed by atoms with Crippen LogP contribution in [0.5, 0.6) is 0 Å². The van der Waals surface area contributed by atoms with Crippen LogP contribution >= 0.6 is 0 Å². The van der Waals surface area contributed by atoms with Crippen molar-refractivity contribution in [2.24, 2.45) is 0 Å². The van der Waals surface area contributed by atoms with E-state index in [0.29, 0.717) is 12.8 Å². The van der Waals surface area contributed by atoms with Crippen molar-refractivity contribution in [2.45, 2.75) is 44.1 Å². The molecule has 1 fully saturated rings. The van der Waals surface area contributed by atoms with Gasteiger partial charge < -0.3 is 10.1 Å². The third kappa shape index (κ3) is 5.17. The second kappa shape index (κ2) is 7.85. The number of methoxy groups -OCH3 is 1. The maximum absolute atomic E-state index is 12.0. The Balaban J connectivity index is 2.50. The van der Waals surface area contributed by atoms with Crippen LogP contribution in [0.3, 0.4) is 0 Å². The van der Waals surface area contributed by atoms with Crippen LogP contribution in [0.15, 0.2) is 0 Å². The Bertz CT molecular complexity index is 382. The minimum absolute atomic E-state index is 0.0590. The minimum atomic E-state index is -0.736. The summed E-state index contributed by atoms with van der Waals surface area (Å²) in [6, 6.07) is 2.27. The van der Waals surface area contributed by atoms with Crippen LogP contribution in [-0.4, -0.2) is 49.6 Å². The molecule has 0 heterocycles. The SMILES string of the molecule is COC(=O)CN(C)CC(=O)NC1(C#N)CCCCCC1. The van der Waals surface area contributed by atoms with Gasteiger partial charge in [-0.15, -0.1) is 0 Å². The van der Waals surface area contributed by atoms with E-state index in [2.05, 4.69) is 16.1 Å². The lowest BCUT2D eigenvalue weighted by Gasteiger charge is -2.27. The molecule has 1 N–H and O–H groups in total. The Morgan fingerprint density at radius 1 is 1.25 bits per heavy atom. The van der Waals surface area contributed by atoms with E-state index in [4.69, 9.17) is 0 Å². The molecule has 1 aliphatic carbocycles. The van der Waals surface area contributed by atoms with Gasteiger partial charge in [0.1, 0.15) is 5.54 Å². The smallest absolute Gasteiger partial charge is 0.319 e. The molecule has 6 nitrogen and oxygen atoms in total. The number of esters is 1. The normalized spacial score (nSPS) is 17.9. The lowest BCUT2D eigenvalue weighted by Crippen LogP contribution is -2.50. The number of nitrogens with zero attached hydrogens (tertiary/aromatic N) is 2. The van der Waals surface area contributed by atoms with Crippen molar-refractivity contribution in [3.05, 3.63) is 0 Å². The van der Waals surface area contributed by atoms with Gasteiger partial charge in [-0.1, -0.05) is 25.7 Å². The number of hydrogen-bond acceptors (Lipinski definition) is 5. The Morgan fingerprint density at radius 2 is 1.85 bits per heavy atom. The van der Waals surface area contributed by atoms with Crippen molar-refractivity contribution in [1.82, 2.24) is 10.2 Å². The molecule has 112 valence electrons. The highest BCUT2D eigenvalue weighted by molar-refractivity contribution is 5.80. The topological polar surface area (TPSA) is 82.4 Å². The standard InChI is InChI=1S/C14H23N3O3/c1-17(10-13(19)20-2)9-12(18)16-14(11-15)7-5-3-4-6-8-14/h3-10H2,1-2H3,(H,16,18). The molecule has 0 spiro atoms. The van der Waals surface area contributed by atoms with Crippen LogP contribution in [0.2, 0.25) is 0 Å². The van der Waals surface area contributed by atoms with Gasteiger partial charge in [0, 0.05) is 0 Å². The fraction of sp³-hybridized carbons (Fsp3) is 0.786. The van der Waals surface area contributed by atoms with E-state index in [1.54, 1.807) is 11.9 Å². The summed E-state index contributed by atoms with van der Waals surface area (Å²) < 4.78 is 4.55. The predicted molar refractivity (Wildman–Crippen MR) is 73.7 cm³/mol. The van der Waals surface area contributed by atoms with E-state index in [-0.39, 0.29) is 25.0 Å². The first-order valence-corrected chi connectivity index (χ1v) is 6.99. The molecule has 1 rings (SSSR count). The highest BCUT2D eigenvalue weighted by Crippen LogP contribution is 2.26. The Hall–Kier alpha value is -1.61. The molecule has 0 aromatic carbocycles.